The number of nitrogens with one attached hydrogen (secondary N) is 1. The highest BCUT2D eigenvalue weighted by Gasteiger charge is 2.26. The molecule has 3 saturated heterocycles. The van der Waals surface area contributed by atoms with E-state index in [1.54, 1.807) is 0 Å². The number of carbonyl (C=O) groups excluding carboxylic acids is 2. The lowest BCUT2D eigenvalue weighted by atomic mass is 9.93. The SMILES string of the molecule is Cl.Cl.O=C(CCC1CCNCC1)N1CCN(C(=O)CN2CCOCC2)CC1. The van der Waals surface area contributed by atoms with Crippen molar-refractivity contribution in [1.82, 2.24) is 20.0 Å². The molecule has 0 atom stereocenters. The van der Waals surface area contributed by atoms with Gasteiger partial charge in [0.15, 0.2) is 0 Å². The number of piperazine rings is 1. The molecule has 3 fully saturated rings. The molecule has 3 aliphatic heterocycles. The highest BCUT2D eigenvalue weighted by atomic mass is 35.5. The van der Waals surface area contributed by atoms with E-state index in [-0.39, 0.29) is 36.6 Å². The molecule has 1 N–H and O–H groups in total. The van der Waals surface area contributed by atoms with Gasteiger partial charge in [0.2, 0.25) is 11.8 Å². The molecular formula is C18H34Cl2N4O3. The lowest BCUT2D eigenvalue weighted by Gasteiger charge is -2.36. The van der Waals surface area contributed by atoms with Crippen LogP contribution in [-0.2, 0) is 14.3 Å². The van der Waals surface area contributed by atoms with E-state index < -0.39 is 0 Å². The van der Waals surface area contributed by atoms with Crippen LogP contribution in [0.1, 0.15) is 25.7 Å². The van der Waals surface area contributed by atoms with Gasteiger partial charge in [0, 0.05) is 45.7 Å². The predicted octanol–water partition coefficient (Wildman–Crippen LogP) is 0.613. The Hall–Kier alpha value is -0.600. The van der Waals surface area contributed by atoms with Gasteiger partial charge in [-0.05, 0) is 38.3 Å². The van der Waals surface area contributed by atoms with Crippen LogP contribution in [0.3, 0.4) is 0 Å². The molecular weight excluding hydrogens is 391 g/mol. The summed E-state index contributed by atoms with van der Waals surface area (Å²) < 4.78 is 5.32. The molecule has 0 bridgehead atoms. The number of hydrogen-bond acceptors (Lipinski definition) is 5. The van der Waals surface area contributed by atoms with Crippen LogP contribution in [0.25, 0.3) is 0 Å². The quantitative estimate of drug-likeness (QED) is 0.700. The molecule has 0 saturated carbocycles. The van der Waals surface area contributed by atoms with E-state index in [2.05, 4.69) is 10.2 Å². The monoisotopic (exact) mass is 424 g/mol. The van der Waals surface area contributed by atoms with Gasteiger partial charge < -0.3 is 19.9 Å². The molecule has 0 aliphatic carbocycles. The van der Waals surface area contributed by atoms with Crippen LogP contribution >= 0.6 is 24.8 Å². The van der Waals surface area contributed by atoms with Gasteiger partial charge in [-0.25, -0.2) is 0 Å². The van der Waals surface area contributed by atoms with Gasteiger partial charge in [0.1, 0.15) is 0 Å². The molecule has 0 aromatic heterocycles. The molecule has 0 radical (unpaired) electrons. The highest BCUT2D eigenvalue weighted by molar-refractivity contribution is 5.85. The molecule has 2 amide bonds. The lowest BCUT2D eigenvalue weighted by Crippen LogP contribution is -2.53. The van der Waals surface area contributed by atoms with E-state index in [1.807, 2.05) is 9.80 Å². The van der Waals surface area contributed by atoms with Crippen molar-refractivity contribution < 1.29 is 14.3 Å². The number of morpholine rings is 1. The zero-order chi connectivity index (χ0) is 17.5. The molecule has 0 spiro atoms. The fraction of sp³-hybridized carbons (Fsp3) is 0.889. The van der Waals surface area contributed by atoms with Crippen molar-refractivity contribution in [1.29, 1.82) is 0 Å². The average molecular weight is 425 g/mol. The first kappa shape index (κ1) is 24.4. The maximum atomic E-state index is 12.4. The Bertz CT molecular complexity index is 450. The largest absolute Gasteiger partial charge is 0.379 e. The summed E-state index contributed by atoms with van der Waals surface area (Å²) in [6.45, 7) is 8.45. The third kappa shape index (κ3) is 7.74. The fourth-order valence-electron chi connectivity index (χ4n) is 3.91. The Labute approximate surface area is 174 Å². The number of rotatable bonds is 5. The van der Waals surface area contributed by atoms with Crippen LogP contribution in [0.2, 0.25) is 0 Å². The van der Waals surface area contributed by atoms with Crippen LogP contribution < -0.4 is 5.32 Å². The predicted molar refractivity (Wildman–Crippen MR) is 110 cm³/mol. The smallest absolute Gasteiger partial charge is 0.236 e. The van der Waals surface area contributed by atoms with E-state index in [1.165, 1.54) is 12.8 Å². The number of amides is 2. The summed E-state index contributed by atoms with van der Waals surface area (Å²) in [5.41, 5.74) is 0. The van der Waals surface area contributed by atoms with Crippen molar-refractivity contribution in [2.75, 3.05) is 72.1 Å². The first-order valence-corrected chi connectivity index (χ1v) is 9.79. The molecule has 27 heavy (non-hydrogen) atoms. The Kier molecular flexibility index (Phi) is 11.6. The zero-order valence-electron chi connectivity index (χ0n) is 16.1. The second kappa shape index (κ2) is 12.8. The van der Waals surface area contributed by atoms with E-state index >= 15 is 0 Å². The standard InChI is InChI=1S/C18H32N4O3.2ClH/c23-17(2-1-16-3-5-19-6-4-16)21-7-9-22(10-8-21)18(24)15-20-11-13-25-14-12-20;;/h16,19H,1-15H2;2*1H. The summed E-state index contributed by atoms with van der Waals surface area (Å²) in [5.74, 6) is 1.14. The minimum absolute atomic E-state index is 0. The molecule has 0 unspecified atom stereocenters. The van der Waals surface area contributed by atoms with E-state index in [0.717, 1.165) is 32.6 Å². The summed E-state index contributed by atoms with van der Waals surface area (Å²) in [6, 6.07) is 0. The third-order valence-corrected chi connectivity index (χ3v) is 5.67. The van der Waals surface area contributed by atoms with Crippen LogP contribution in [0, 0.1) is 5.92 Å². The minimum atomic E-state index is 0. The fourth-order valence-corrected chi connectivity index (χ4v) is 3.91. The van der Waals surface area contributed by atoms with E-state index in [0.29, 0.717) is 58.3 Å². The number of halogens is 2. The van der Waals surface area contributed by atoms with Crippen molar-refractivity contribution in [2.24, 2.45) is 5.92 Å². The summed E-state index contributed by atoms with van der Waals surface area (Å²) in [4.78, 5) is 30.8. The molecule has 3 aliphatic rings. The summed E-state index contributed by atoms with van der Waals surface area (Å²) >= 11 is 0. The minimum Gasteiger partial charge on any atom is -0.379 e. The Morgan fingerprint density at radius 1 is 0.852 bits per heavy atom. The van der Waals surface area contributed by atoms with Crippen LogP contribution in [0.15, 0.2) is 0 Å². The molecule has 3 heterocycles. The van der Waals surface area contributed by atoms with Crippen LogP contribution in [0.4, 0.5) is 0 Å². The maximum Gasteiger partial charge on any atom is 0.236 e. The lowest BCUT2D eigenvalue weighted by molar-refractivity contribution is -0.141. The third-order valence-electron chi connectivity index (χ3n) is 5.67. The number of piperidine rings is 1. The van der Waals surface area contributed by atoms with Crippen molar-refractivity contribution in [3.05, 3.63) is 0 Å². The van der Waals surface area contributed by atoms with E-state index in [9.17, 15) is 9.59 Å². The maximum absolute atomic E-state index is 12.4. The van der Waals surface area contributed by atoms with Gasteiger partial charge >= 0.3 is 0 Å². The highest BCUT2D eigenvalue weighted by Crippen LogP contribution is 2.18. The van der Waals surface area contributed by atoms with Gasteiger partial charge in [-0.2, -0.15) is 0 Å². The van der Waals surface area contributed by atoms with Crippen molar-refractivity contribution >= 4 is 36.6 Å². The molecule has 7 nitrogen and oxygen atoms in total. The second-order valence-corrected chi connectivity index (χ2v) is 7.38. The number of nitrogens with zero attached hydrogens (tertiary/aromatic N) is 3. The van der Waals surface area contributed by atoms with Gasteiger partial charge in [-0.3, -0.25) is 14.5 Å². The zero-order valence-corrected chi connectivity index (χ0v) is 17.7. The summed E-state index contributed by atoms with van der Waals surface area (Å²) in [7, 11) is 0. The van der Waals surface area contributed by atoms with Gasteiger partial charge in [-0.15, -0.1) is 24.8 Å². The Morgan fingerprint density at radius 3 is 2.00 bits per heavy atom. The molecule has 9 heteroatoms. The first-order chi connectivity index (χ1) is 12.2. The van der Waals surface area contributed by atoms with Crippen LogP contribution in [0.5, 0.6) is 0 Å². The van der Waals surface area contributed by atoms with Crippen molar-refractivity contribution in [3.8, 4) is 0 Å². The molecule has 0 aromatic carbocycles. The average Bonchev–Trinajstić information content (AvgIpc) is 2.68. The molecule has 3 rings (SSSR count). The summed E-state index contributed by atoms with van der Waals surface area (Å²) in [5, 5.41) is 3.37. The number of hydrogen-bond donors (Lipinski definition) is 1. The van der Waals surface area contributed by atoms with Crippen molar-refractivity contribution in [2.45, 2.75) is 25.7 Å². The number of ether oxygens (including phenoxy) is 1. The normalized spacial score (nSPS) is 21.9. The summed E-state index contributed by atoms with van der Waals surface area (Å²) in [6.07, 6.45) is 4.05. The Balaban J connectivity index is 0.00000182. The van der Waals surface area contributed by atoms with Gasteiger partial charge in [-0.1, -0.05) is 0 Å². The Morgan fingerprint density at radius 2 is 1.41 bits per heavy atom. The topological polar surface area (TPSA) is 65.1 Å². The van der Waals surface area contributed by atoms with Gasteiger partial charge in [0.05, 0.1) is 19.8 Å². The van der Waals surface area contributed by atoms with E-state index in [4.69, 9.17) is 4.74 Å². The second-order valence-electron chi connectivity index (χ2n) is 7.38. The van der Waals surface area contributed by atoms with Crippen molar-refractivity contribution in [3.63, 3.8) is 0 Å². The van der Waals surface area contributed by atoms with Gasteiger partial charge in [0.25, 0.3) is 0 Å². The molecule has 0 aromatic rings. The van der Waals surface area contributed by atoms with Crippen LogP contribution in [-0.4, -0.2) is 98.6 Å². The first-order valence-electron chi connectivity index (χ1n) is 9.79. The molecule has 158 valence electrons. The number of carbonyl (C=O) groups is 2.